The lowest BCUT2D eigenvalue weighted by atomic mass is 9.76. The fraction of sp³-hybridized carbons (Fsp3) is 0.529. The zero-order valence-corrected chi connectivity index (χ0v) is 12.5. The first kappa shape index (κ1) is 14.3. The molecule has 4 nitrogen and oxygen atoms in total. The number of esters is 1. The van der Waals surface area contributed by atoms with Crippen LogP contribution in [0.1, 0.15) is 41.1 Å². The average Bonchev–Trinajstić information content (AvgIpc) is 2.76. The summed E-state index contributed by atoms with van der Waals surface area (Å²) in [5.41, 5.74) is 1.81. The van der Waals surface area contributed by atoms with Crippen LogP contribution in [0.5, 0.6) is 0 Å². The molecule has 4 heteroatoms. The van der Waals surface area contributed by atoms with Gasteiger partial charge in [-0.3, -0.25) is 14.5 Å². The third-order valence-electron chi connectivity index (χ3n) is 5.24. The van der Waals surface area contributed by atoms with E-state index in [9.17, 15) is 9.59 Å². The summed E-state index contributed by atoms with van der Waals surface area (Å²) in [5, 5.41) is 0. The Bertz CT molecular complexity index is 539. The first-order chi connectivity index (χ1) is 10.2. The van der Waals surface area contributed by atoms with Gasteiger partial charge in [-0.2, -0.15) is 0 Å². The zero-order valence-electron chi connectivity index (χ0n) is 12.5. The maximum absolute atomic E-state index is 12.3. The summed E-state index contributed by atoms with van der Waals surface area (Å²) in [7, 11) is 3.58. The molecule has 2 fully saturated rings. The molecule has 0 unspecified atom stereocenters. The molecule has 0 radical (unpaired) electrons. The number of carbonyl (C=O) groups is 2. The minimum absolute atomic E-state index is 0.110. The number of nitrogens with zero attached hydrogens (tertiary/aromatic N) is 1. The molecule has 0 saturated carbocycles. The summed E-state index contributed by atoms with van der Waals surface area (Å²) in [5.74, 6) is -0.0376. The third kappa shape index (κ3) is 2.38. The largest absolute Gasteiger partial charge is 0.469 e. The molecule has 112 valence electrons. The first-order valence-electron chi connectivity index (χ1n) is 7.50. The lowest BCUT2D eigenvalue weighted by molar-refractivity contribution is -0.150. The molecular formula is C17H21NO3. The molecule has 2 aliphatic heterocycles. The molecule has 4 atom stereocenters. The Kier molecular flexibility index (Phi) is 3.81. The number of aldehydes is 1. The van der Waals surface area contributed by atoms with Gasteiger partial charge in [0.25, 0.3) is 0 Å². The third-order valence-corrected chi connectivity index (χ3v) is 5.24. The Labute approximate surface area is 125 Å². The maximum Gasteiger partial charge on any atom is 0.310 e. The molecule has 0 aliphatic carbocycles. The second-order valence-electron chi connectivity index (χ2n) is 6.14. The van der Waals surface area contributed by atoms with Gasteiger partial charge in [-0.25, -0.2) is 0 Å². The number of methoxy groups -OCH3 is 1. The van der Waals surface area contributed by atoms with Gasteiger partial charge in [-0.1, -0.05) is 24.3 Å². The summed E-state index contributed by atoms with van der Waals surface area (Å²) < 4.78 is 5.06. The van der Waals surface area contributed by atoms with Crippen molar-refractivity contribution in [1.29, 1.82) is 0 Å². The number of benzene rings is 1. The van der Waals surface area contributed by atoms with Crippen LogP contribution in [0.15, 0.2) is 24.3 Å². The minimum Gasteiger partial charge on any atom is -0.469 e. The van der Waals surface area contributed by atoms with Crippen LogP contribution in [-0.4, -0.2) is 43.4 Å². The SMILES string of the molecule is COC(=O)[C@H]1[C@@H](c2ccc(C=O)cc2)C[C@@H]2CC[C@H]1N2C. The summed E-state index contributed by atoms with van der Waals surface area (Å²) in [6, 6.07) is 8.44. The molecule has 0 spiro atoms. The Morgan fingerprint density at radius 3 is 2.62 bits per heavy atom. The van der Waals surface area contributed by atoms with Crippen LogP contribution in [0.25, 0.3) is 0 Å². The Hall–Kier alpha value is -1.68. The van der Waals surface area contributed by atoms with Gasteiger partial charge in [0.15, 0.2) is 0 Å². The van der Waals surface area contributed by atoms with Crippen molar-refractivity contribution < 1.29 is 14.3 Å². The van der Waals surface area contributed by atoms with Crippen molar-refractivity contribution in [2.75, 3.05) is 14.2 Å². The zero-order chi connectivity index (χ0) is 15.0. The van der Waals surface area contributed by atoms with Crippen LogP contribution < -0.4 is 0 Å². The number of ether oxygens (including phenoxy) is 1. The summed E-state index contributed by atoms with van der Waals surface area (Å²) in [4.78, 5) is 25.4. The highest BCUT2D eigenvalue weighted by Gasteiger charge is 2.49. The van der Waals surface area contributed by atoms with Crippen molar-refractivity contribution in [2.24, 2.45) is 5.92 Å². The van der Waals surface area contributed by atoms with E-state index in [0.717, 1.165) is 31.1 Å². The predicted octanol–water partition coefficient (Wildman–Crippen LogP) is 2.24. The van der Waals surface area contributed by atoms with E-state index in [4.69, 9.17) is 4.74 Å². The van der Waals surface area contributed by atoms with Crippen molar-refractivity contribution in [2.45, 2.75) is 37.3 Å². The van der Waals surface area contributed by atoms with E-state index < -0.39 is 0 Å². The van der Waals surface area contributed by atoms with E-state index in [1.54, 1.807) is 0 Å². The average molecular weight is 287 g/mol. The number of piperidine rings is 1. The number of hydrogen-bond donors (Lipinski definition) is 0. The lowest BCUT2D eigenvalue weighted by Gasteiger charge is -2.41. The van der Waals surface area contributed by atoms with Gasteiger partial charge in [0.2, 0.25) is 0 Å². The van der Waals surface area contributed by atoms with Gasteiger partial charge < -0.3 is 4.74 Å². The van der Waals surface area contributed by atoms with Crippen LogP contribution in [-0.2, 0) is 9.53 Å². The van der Waals surface area contributed by atoms with Crippen LogP contribution in [0, 0.1) is 5.92 Å². The lowest BCUT2D eigenvalue weighted by Crippen LogP contribution is -2.49. The standard InChI is InChI=1S/C17H21NO3/c1-18-13-7-8-15(18)16(17(20)21-2)14(9-13)12-5-3-11(10-19)4-6-12/h3-6,10,13-16H,7-9H2,1-2H3/t13-,14+,15+,16-/m0/s1. The Morgan fingerprint density at radius 2 is 2.00 bits per heavy atom. The molecule has 21 heavy (non-hydrogen) atoms. The van der Waals surface area contributed by atoms with Crippen molar-refractivity contribution in [1.82, 2.24) is 4.90 Å². The second kappa shape index (κ2) is 5.60. The fourth-order valence-corrected chi connectivity index (χ4v) is 4.09. The molecule has 1 aromatic rings. The number of rotatable bonds is 3. The molecule has 0 aromatic heterocycles. The second-order valence-corrected chi connectivity index (χ2v) is 6.14. The Balaban J connectivity index is 1.94. The molecule has 2 heterocycles. The summed E-state index contributed by atoms with van der Waals surface area (Å²) in [6.45, 7) is 0. The molecule has 2 aliphatic rings. The van der Waals surface area contributed by atoms with E-state index in [1.807, 2.05) is 24.3 Å². The molecule has 2 bridgehead atoms. The normalized spacial score (nSPS) is 31.9. The van der Waals surface area contributed by atoms with Gasteiger partial charge in [-0.15, -0.1) is 0 Å². The van der Waals surface area contributed by atoms with Crippen LogP contribution in [0.4, 0.5) is 0 Å². The predicted molar refractivity (Wildman–Crippen MR) is 79.3 cm³/mol. The van der Waals surface area contributed by atoms with Crippen molar-refractivity contribution in [3.05, 3.63) is 35.4 Å². The van der Waals surface area contributed by atoms with Crippen molar-refractivity contribution in [3.8, 4) is 0 Å². The molecular weight excluding hydrogens is 266 g/mol. The molecule has 3 rings (SSSR count). The van der Waals surface area contributed by atoms with Gasteiger partial charge >= 0.3 is 5.97 Å². The van der Waals surface area contributed by atoms with E-state index in [-0.39, 0.29) is 23.8 Å². The number of fused-ring (bicyclic) bond motifs is 2. The highest BCUT2D eigenvalue weighted by molar-refractivity contribution is 5.76. The van der Waals surface area contributed by atoms with E-state index >= 15 is 0 Å². The summed E-state index contributed by atoms with van der Waals surface area (Å²) >= 11 is 0. The fourth-order valence-electron chi connectivity index (χ4n) is 4.09. The topological polar surface area (TPSA) is 46.6 Å². The highest BCUT2D eigenvalue weighted by atomic mass is 16.5. The Morgan fingerprint density at radius 1 is 1.29 bits per heavy atom. The van der Waals surface area contributed by atoms with Gasteiger partial charge in [0.1, 0.15) is 6.29 Å². The number of hydrogen-bond acceptors (Lipinski definition) is 4. The van der Waals surface area contributed by atoms with E-state index in [2.05, 4.69) is 11.9 Å². The summed E-state index contributed by atoms with van der Waals surface area (Å²) in [6.07, 6.45) is 4.04. The molecule has 0 amide bonds. The van der Waals surface area contributed by atoms with E-state index in [0.29, 0.717) is 11.6 Å². The smallest absolute Gasteiger partial charge is 0.310 e. The van der Waals surface area contributed by atoms with Gasteiger partial charge in [0, 0.05) is 23.6 Å². The van der Waals surface area contributed by atoms with E-state index in [1.165, 1.54) is 7.11 Å². The van der Waals surface area contributed by atoms with Crippen molar-refractivity contribution >= 4 is 12.3 Å². The van der Waals surface area contributed by atoms with Crippen molar-refractivity contribution in [3.63, 3.8) is 0 Å². The molecule has 1 aromatic carbocycles. The quantitative estimate of drug-likeness (QED) is 0.632. The number of carbonyl (C=O) groups excluding carboxylic acids is 2. The van der Waals surface area contributed by atoms with Crippen LogP contribution in [0.2, 0.25) is 0 Å². The monoisotopic (exact) mass is 287 g/mol. The maximum atomic E-state index is 12.3. The minimum atomic E-state index is -0.114. The highest BCUT2D eigenvalue weighted by Crippen LogP contribution is 2.46. The first-order valence-corrected chi connectivity index (χ1v) is 7.50. The molecule has 0 N–H and O–H groups in total. The molecule has 2 saturated heterocycles. The van der Waals surface area contributed by atoms with Crippen LogP contribution >= 0.6 is 0 Å². The van der Waals surface area contributed by atoms with Gasteiger partial charge in [0.05, 0.1) is 13.0 Å². The van der Waals surface area contributed by atoms with Crippen LogP contribution in [0.3, 0.4) is 0 Å². The van der Waals surface area contributed by atoms with Gasteiger partial charge in [-0.05, 0) is 31.9 Å².